The molecule has 1 aromatic carbocycles. The molecule has 1 heterocycles. The summed E-state index contributed by atoms with van der Waals surface area (Å²) in [4.78, 5) is 8.16. The summed E-state index contributed by atoms with van der Waals surface area (Å²) in [5, 5.41) is 8.75. The minimum atomic E-state index is 0.419. The van der Waals surface area contributed by atoms with Gasteiger partial charge < -0.3 is 5.73 Å². The van der Waals surface area contributed by atoms with Crippen LogP contribution in [-0.2, 0) is 0 Å². The molecule has 0 fully saturated rings. The van der Waals surface area contributed by atoms with Crippen molar-refractivity contribution in [3.63, 3.8) is 0 Å². The Labute approximate surface area is 87.0 Å². The highest BCUT2D eigenvalue weighted by Gasteiger charge is 2.01. The minimum Gasteiger partial charge on any atom is -0.384 e. The van der Waals surface area contributed by atoms with Gasteiger partial charge in [-0.2, -0.15) is 5.26 Å². The van der Waals surface area contributed by atoms with E-state index in [0.29, 0.717) is 17.2 Å². The van der Waals surface area contributed by atoms with Crippen LogP contribution in [0.3, 0.4) is 0 Å². The SMILES string of the molecule is N#Cc1cccc(-c2nccc(N)n2)c1. The van der Waals surface area contributed by atoms with Gasteiger partial charge >= 0.3 is 0 Å². The molecule has 15 heavy (non-hydrogen) atoms. The van der Waals surface area contributed by atoms with Gasteiger partial charge in [0.15, 0.2) is 5.82 Å². The molecule has 0 saturated carbocycles. The van der Waals surface area contributed by atoms with Crippen molar-refractivity contribution in [3.05, 3.63) is 42.1 Å². The third kappa shape index (κ3) is 1.92. The number of aromatic nitrogens is 2. The first-order valence-corrected chi connectivity index (χ1v) is 4.38. The third-order valence-electron chi connectivity index (χ3n) is 1.93. The van der Waals surface area contributed by atoms with Crippen LogP contribution in [0.2, 0.25) is 0 Å². The summed E-state index contributed by atoms with van der Waals surface area (Å²) in [6, 6.07) is 10.8. The quantitative estimate of drug-likeness (QED) is 0.751. The van der Waals surface area contributed by atoms with E-state index in [-0.39, 0.29) is 0 Å². The van der Waals surface area contributed by atoms with Gasteiger partial charge in [0.2, 0.25) is 0 Å². The van der Waals surface area contributed by atoms with Crippen LogP contribution in [-0.4, -0.2) is 9.97 Å². The number of nitrogens with two attached hydrogens (primary N) is 1. The smallest absolute Gasteiger partial charge is 0.161 e. The number of nitriles is 1. The van der Waals surface area contributed by atoms with Crippen molar-refractivity contribution in [1.29, 1.82) is 5.26 Å². The standard InChI is InChI=1S/C11H8N4/c12-7-8-2-1-3-9(6-8)11-14-5-4-10(13)15-11/h1-6H,(H2,13,14,15). The molecule has 0 aliphatic rings. The molecule has 0 aliphatic carbocycles. The maximum absolute atomic E-state index is 8.75. The Kier molecular flexibility index (Phi) is 2.30. The van der Waals surface area contributed by atoms with Crippen molar-refractivity contribution in [2.24, 2.45) is 0 Å². The van der Waals surface area contributed by atoms with Gasteiger partial charge in [0, 0.05) is 11.8 Å². The molecule has 72 valence electrons. The second-order valence-corrected chi connectivity index (χ2v) is 3.00. The maximum Gasteiger partial charge on any atom is 0.161 e. The first kappa shape index (κ1) is 9.16. The second kappa shape index (κ2) is 3.76. The van der Waals surface area contributed by atoms with Crippen molar-refractivity contribution in [3.8, 4) is 17.5 Å². The van der Waals surface area contributed by atoms with Gasteiger partial charge in [0.25, 0.3) is 0 Å². The highest BCUT2D eigenvalue weighted by molar-refractivity contribution is 5.58. The molecule has 0 amide bonds. The lowest BCUT2D eigenvalue weighted by molar-refractivity contribution is 1.18. The van der Waals surface area contributed by atoms with Crippen LogP contribution < -0.4 is 5.73 Å². The molecule has 2 N–H and O–H groups in total. The lowest BCUT2D eigenvalue weighted by Gasteiger charge is -2.00. The Hall–Kier alpha value is -2.41. The molecule has 0 spiro atoms. The van der Waals surface area contributed by atoms with Crippen molar-refractivity contribution in [2.75, 3.05) is 5.73 Å². The van der Waals surface area contributed by atoms with E-state index in [0.717, 1.165) is 5.56 Å². The molecular formula is C11H8N4. The fourth-order valence-electron chi connectivity index (χ4n) is 1.24. The zero-order valence-corrected chi connectivity index (χ0v) is 7.88. The molecule has 0 unspecified atom stereocenters. The van der Waals surface area contributed by atoms with Crippen LogP contribution in [0, 0.1) is 11.3 Å². The number of nitrogens with zero attached hydrogens (tertiary/aromatic N) is 3. The van der Waals surface area contributed by atoms with E-state index < -0.39 is 0 Å². The average molecular weight is 196 g/mol. The molecule has 2 aromatic rings. The third-order valence-corrected chi connectivity index (χ3v) is 1.93. The number of anilines is 1. The summed E-state index contributed by atoms with van der Waals surface area (Å²) in [6.07, 6.45) is 1.59. The number of nitrogen functional groups attached to an aromatic ring is 1. The first-order valence-electron chi connectivity index (χ1n) is 4.38. The van der Waals surface area contributed by atoms with Crippen LogP contribution in [0.1, 0.15) is 5.56 Å². The van der Waals surface area contributed by atoms with Gasteiger partial charge in [0.05, 0.1) is 11.6 Å². The first-order chi connectivity index (χ1) is 7.29. The van der Waals surface area contributed by atoms with Gasteiger partial charge in [-0.05, 0) is 18.2 Å². The Morgan fingerprint density at radius 3 is 2.87 bits per heavy atom. The molecule has 4 nitrogen and oxygen atoms in total. The van der Waals surface area contributed by atoms with Crippen LogP contribution >= 0.6 is 0 Å². The summed E-state index contributed by atoms with van der Waals surface area (Å²) >= 11 is 0. The van der Waals surface area contributed by atoms with E-state index in [9.17, 15) is 0 Å². The van der Waals surface area contributed by atoms with Gasteiger partial charge in [-0.25, -0.2) is 9.97 Å². The predicted octanol–water partition coefficient (Wildman–Crippen LogP) is 1.60. The predicted molar refractivity (Wildman–Crippen MR) is 56.6 cm³/mol. The molecule has 0 atom stereocenters. The number of hydrogen-bond acceptors (Lipinski definition) is 4. The largest absolute Gasteiger partial charge is 0.384 e. The van der Waals surface area contributed by atoms with Gasteiger partial charge in [-0.15, -0.1) is 0 Å². The minimum absolute atomic E-state index is 0.419. The Bertz CT molecular complexity index is 528. The fourth-order valence-corrected chi connectivity index (χ4v) is 1.24. The lowest BCUT2D eigenvalue weighted by Crippen LogP contribution is -1.94. The van der Waals surface area contributed by atoms with Crippen LogP contribution in [0.4, 0.5) is 5.82 Å². The Balaban J connectivity index is 2.50. The zero-order valence-electron chi connectivity index (χ0n) is 7.88. The highest BCUT2D eigenvalue weighted by Crippen LogP contribution is 2.16. The summed E-state index contributed by atoms with van der Waals surface area (Å²) in [6.45, 7) is 0. The van der Waals surface area contributed by atoms with E-state index in [4.69, 9.17) is 11.0 Å². The van der Waals surface area contributed by atoms with Crippen molar-refractivity contribution >= 4 is 5.82 Å². The second-order valence-electron chi connectivity index (χ2n) is 3.00. The molecule has 0 radical (unpaired) electrons. The highest BCUT2D eigenvalue weighted by atomic mass is 14.9. The topological polar surface area (TPSA) is 75.6 Å². The number of rotatable bonds is 1. The molecule has 4 heteroatoms. The molecule has 1 aromatic heterocycles. The lowest BCUT2D eigenvalue weighted by atomic mass is 10.1. The van der Waals surface area contributed by atoms with E-state index in [1.165, 1.54) is 0 Å². The zero-order chi connectivity index (χ0) is 10.7. The summed E-state index contributed by atoms with van der Waals surface area (Å²) in [7, 11) is 0. The summed E-state index contributed by atoms with van der Waals surface area (Å²) in [5.74, 6) is 0.953. The molecule has 0 bridgehead atoms. The number of benzene rings is 1. The maximum atomic E-state index is 8.75. The van der Waals surface area contributed by atoms with Crippen molar-refractivity contribution in [2.45, 2.75) is 0 Å². The van der Waals surface area contributed by atoms with Gasteiger partial charge in [-0.1, -0.05) is 12.1 Å². The van der Waals surface area contributed by atoms with E-state index in [1.54, 1.807) is 30.5 Å². The van der Waals surface area contributed by atoms with Gasteiger partial charge in [0.1, 0.15) is 5.82 Å². The normalized spacial score (nSPS) is 9.53. The van der Waals surface area contributed by atoms with Crippen LogP contribution in [0.5, 0.6) is 0 Å². The van der Waals surface area contributed by atoms with E-state index >= 15 is 0 Å². The summed E-state index contributed by atoms with van der Waals surface area (Å²) in [5.41, 5.74) is 6.93. The monoisotopic (exact) mass is 196 g/mol. The fraction of sp³-hybridized carbons (Fsp3) is 0. The Morgan fingerprint density at radius 1 is 1.27 bits per heavy atom. The molecule has 2 rings (SSSR count). The number of hydrogen-bond donors (Lipinski definition) is 1. The molecular weight excluding hydrogens is 188 g/mol. The Morgan fingerprint density at radius 2 is 2.13 bits per heavy atom. The van der Waals surface area contributed by atoms with Gasteiger partial charge in [-0.3, -0.25) is 0 Å². The molecule has 0 aliphatic heterocycles. The van der Waals surface area contributed by atoms with Crippen molar-refractivity contribution in [1.82, 2.24) is 9.97 Å². The van der Waals surface area contributed by atoms with E-state index in [2.05, 4.69) is 16.0 Å². The van der Waals surface area contributed by atoms with Crippen molar-refractivity contribution < 1.29 is 0 Å². The van der Waals surface area contributed by atoms with Crippen LogP contribution in [0.25, 0.3) is 11.4 Å². The van der Waals surface area contributed by atoms with Crippen LogP contribution in [0.15, 0.2) is 36.5 Å². The van der Waals surface area contributed by atoms with E-state index in [1.807, 2.05) is 6.07 Å². The average Bonchev–Trinajstić information content (AvgIpc) is 2.29. The summed E-state index contributed by atoms with van der Waals surface area (Å²) < 4.78 is 0. The molecule has 0 saturated heterocycles.